The summed E-state index contributed by atoms with van der Waals surface area (Å²) >= 11 is 3.90. The molecule has 0 saturated carbocycles. The summed E-state index contributed by atoms with van der Waals surface area (Å²) in [4.78, 5) is 0. The van der Waals surface area contributed by atoms with E-state index >= 15 is 0 Å². The zero-order valence-electron chi connectivity index (χ0n) is 7.85. The summed E-state index contributed by atoms with van der Waals surface area (Å²) in [5, 5.41) is 0. The lowest BCUT2D eigenvalue weighted by Crippen LogP contribution is -1.67. The van der Waals surface area contributed by atoms with Crippen LogP contribution in [0.5, 0.6) is 0 Å². The molecule has 1 aliphatic rings. The molecule has 0 N–H and O–H groups in total. The normalized spacial score (nSPS) is 16.4. The van der Waals surface area contributed by atoms with Gasteiger partial charge in [0.15, 0.2) is 0 Å². The third-order valence-electron chi connectivity index (χ3n) is 1.89. The fraction of sp³-hybridized carbons (Fsp3) is 0.167. The molecule has 2 rings (SSSR count). The highest BCUT2D eigenvalue weighted by atomic mass is 32.2. The van der Waals surface area contributed by atoms with Gasteiger partial charge in [0.25, 0.3) is 0 Å². The Balaban J connectivity index is 1.97. The molecule has 1 aromatic carbocycles. The zero-order valence-corrected chi connectivity index (χ0v) is 9.48. The first-order chi connectivity index (χ1) is 6.95. The number of rotatable bonds is 2. The summed E-state index contributed by atoms with van der Waals surface area (Å²) in [6.45, 7) is 0. The molecule has 0 spiro atoms. The summed E-state index contributed by atoms with van der Waals surface area (Å²) in [5.41, 5.74) is 1.26. The van der Waals surface area contributed by atoms with Crippen molar-refractivity contribution in [3.63, 3.8) is 0 Å². The van der Waals surface area contributed by atoms with E-state index in [0.29, 0.717) is 0 Å². The highest BCUT2D eigenvalue weighted by molar-refractivity contribution is 8.25. The molecule has 0 amide bonds. The minimum Gasteiger partial charge on any atom is -0.118 e. The van der Waals surface area contributed by atoms with Crippen LogP contribution in [0.2, 0.25) is 0 Å². The maximum absolute atomic E-state index is 2.20. The second-order valence-electron chi connectivity index (χ2n) is 2.95. The lowest BCUT2D eigenvalue weighted by atomic mass is 10.2. The van der Waals surface area contributed by atoms with Crippen LogP contribution < -0.4 is 0 Å². The third kappa shape index (κ3) is 2.96. The average molecular weight is 220 g/mol. The standard InChI is InChI=1S/C12H12S2/c1-2-5-11(6-3-1)7-4-8-12-13-9-10-14-12/h1-8H,9-10H2/b7-4+. The molecule has 1 aliphatic heterocycles. The van der Waals surface area contributed by atoms with Gasteiger partial charge in [-0.1, -0.05) is 42.5 Å². The van der Waals surface area contributed by atoms with E-state index in [2.05, 4.69) is 42.5 Å². The van der Waals surface area contributed by atoms with Gasteiger partial charge < -0.3 is 0 Å². The summed E-state index contributed by atoms with van der Waals surface area (Å²) in [6, 6.07) is 10.4. The molecule has 1 aromatic rings. The van der Waals surface area contributed by atoms with E-state index in [1.54, 1.807) is 0 Å². The van der Waals surface area contributed by atoms with Gasteiger partial charge >= 0.3 is 0 Å². The topological polar surface area (TPSA) is 0 Å². The van der Waals surface area contributed by atoms with Gasteiger partial charge in [-0.05, 0) is 11.6 Å². The van der Waals surface area contributed by atoms with Gasteiger partial charge in [0.2, 0.25) is 0 Å². The zero-order chi connectivity index (χ0) is 9.64. The van der Waals surface area contributed by atoms with E-state index in [1.807, 2.05) is 29.6 Å². The van der Waals surface area contributed by atoms with Crippen molar-refractivity contribution in [1.82, 2.24) is 0 Å². The molecule has 2 heteroatoms. The summed E-state index contributed by atoms with van der Waals surface area (Å²) in [7, 11) is 0. The molecule has 0 nitrogen and oxygen atoms in total. The molecule has 0 unspecified atom stereocenters. The molecule has 1 fully saturated rings. The van der Waals surface area contributed by atoms with Crippen LogP contribution in [-0.2, 0) is 0 Å². The van der Waals surface area contributed by atoms with Crippen LogP contribution in [0.15, 0.2) is 46.7 Å². The van der Waals surface area contributed by atoms with Crippen molar-refractivity contribution in [2.24, 2.45) is 0 Å². The van der Waals surface area contributed by atoms with E-state index in [1.165, 1.54) is 21.3 Å². The molecule has 72 valence electrons. The number of thioether (sulfide) groups is 2. The molecule has 0 bridgehead atoms. The first-order valence-corrected chi connectivity index (χ1v) is 6.61. The van der Waals surface area contributed by atoms with Crippen LogP contribution in [0.1, 0.15) is 5.56 Å². The predicted molar refractivity (Wildman–Crippen MR) is 68.5 cm³/mol. The first kappa shape index (κ1) is 9.94. The molecule has 0 aromatic heterocycles. The highest BCUT2D eigenvalue weighted by Crippen LogP contribution is 2.35. The van der Waals surface area contributed by atoms with Crippen LogP contribution in [-0.4, -0.2) is 11.5 Å². The highest BCUT2D eigenvalue weighted by Gasteiger charge is 2.05. The van der Waals surface area contributed by atoms with Crippen LogP contribution in [0, 0.1) is 0 Å². The fourth-order valence-electron chi connectivity index (χ4n) is 1.22. The third-order valence-corrected chi connectivity index (χ3v) is 4.52. The van der Waals surface area contributed by atoms with Gasteiger partial charge in [-0.15, -0.1) is 23.5 Å². The number of allylic oxidation sites excluding steroid dienone is 2. The van der Waals surface area contributed by atoms with Crippen LogP contribution in [0.3, 0.4) is 0 Å². The molecule has 0 aliphatic carbocycles. The van der Waals surface area contributed by atoms with Crippen molar-refractivity contribution >= 4 is 29.6 Å². The molecular weight excluding hydrogens is 208 g/mol. The molecule has 1 saturated heterocycles. The summed E-state index contributed by atoms with van der Waals surface area (Å²) in [5.74, 6) is 2.52. The van der Waals surface area contributed by atoms with E-state index in [4.69, 9.17) is 0 Å². The number of benzene rings is 1. The Morgan fingerprint density at radius 2 is 1.71 bits per heavy atom. The van der Waals surface area contributed by atoms with E-state index in [9.17, 15) is 0 Å². The molecule has 1 heterocycles. The Labute approximate surface area is 93.5 Å². The first-order valence-electron chi connectivity index (χ1n) is 4.64. The molecule has 14 heavy (non-hydrogen) atoms. The SMILES string of the molecule is C(/C=C/c1ccccc1)=C1SCCS1. The molecular formula is C12H12S2. The van der Waals surface area contributed by atoms with Crippen molar-refractivity contribution in [3.8, 4) is 0 Å². The second kappa shape index (κ2) is 5.32. The largest absolute Gasteiger partial charge is 0.118 e. The quantitative estimate of drug-likeness (QED) is 0.738. The smallest absolute Gasteiger partial charge is 0.0401 e. The number of hydrogen-bond acceptors (Lipinski definition) is 2. The van der Waals surface area contributed by atoms with Gasteiger partial charge in [0, 0.05) is 15.7 Å². The monoisotopic (exact) mass is 220 g/mol. The Bertz CT molecular complexity index is 331. The van der Waals surface area contributed by atoms with E-state index in [-0.39, 0.29) is 0 Å². The fourth-order valence-corrected chi connectivity index (χ4v) is 3.48. The van der Waals surface area contributed by atoms with Gasteiger partial charge in [0.05, 0.1) is 0 Å². The Hall–Kier alpha value is -0.600. The van der Waals surface area contributed by atoms with Crippen LogP contribution >= 0.6 is 23.5 Å². The second-order valence-corrected chi connectivity index (χ2v) is 5.48. The lowest BCUT2D eigenvalue weighted by molar-refractivity contribution is 1.59. The molecule has 0 radical (unpaired) electrons. The van der Waals surface area contributed by atoms with Crippen molar-refractivity contribution in [3.05, 3.63) is 52.3 Å². The average Bonchev–Trinajstić information content (AvgIpc) is 2.72. The van der Waals surface area contributed by atoms with Crippen LogP contribution in [0.25, 0.3) is 6.08 Å². The van der Waals surface area contributed by atoms with Crippen molar-refractivity contribution in [2.75, 3.05) is 11.5 Å². The van der Waals surface area contributed by atoms with Gasteiger partial charge in [0.1, 0.15) is 0 Å². The van der Waals surface area contributed by atoms with Gasteiger partial charge in [-0.25, -0.2) is 0 Å². The summed E-state index contributed by atoms with van der Waals surface area (Å²) < 4.78 is 1.44. The minimum atomic E-state index is 1.26. The predicted octanol–water partition coefficient (Wildman–Crippen LogP) is 4.02. The van der Waals surface area contributed by atoms with Gasteiger partial charge in [-0.3, -0.25) is 0 Å². The minimum absolute atomic E-state index is 1.26. The Kier molecular flexibility index (Phi) is 3.78. The maximum atomic E-state index is 2.20. The lowest BCUT2D eigenvalue weighted by Gasteiger charge is -1.90. The Morgan fingerprint density at radius 3 is 2.43 bits per heavy atom. The van der Waals surface area contributed by atoms with E-state index in [0.717, 1.165) is 0 Å². The van der Waals surface area contributed by atoms with Gasteiger partial charge in [-0.2, -0.15) is 0 Å². The van der Waals surface area contributed by atoms with Crippen molar-refractivity contribution < 1.29 is 0 Å². The van der Waals surface area contributed by atoms with E-state index < -0.39 is 0 Å². The van der Waals surface area contributed by atoms with Crippen molar-refractivity contribution in [1.29, 1.82) is 0 Å². The summed E-state index contributed by atoms with van der Waals surface area (Å²) in [6.07, 6.45) is 6.48. The van der Waals surface area contributed by atoms with Crippen molar-refractivity contribution in [2.45, 2.75) is 0 Å². The maximum Gasteiger partial charge on any atom is 0.0401 e. The van der Waals surface area contributed by atoms with Crippen LogP contribution in [0.4, 0.5) is 0 Å². The number of hydrogen-bond donors (Lipinski definition) is 0. The molecule has 0 atom stereocenters. The Morgan fingerprint density at radius 1 is 1.00 bits per heavy atom.